The largest absolute Gasteiger partial charge is 0.355 e. The zero-order chi connectivity index (χ0) is 24.2. The number of hydrogen-bond acceptors (Lipinski definition) is 4. The van der Waals surface area contributed by atoms with Crippen LogP contribution in [0, 0.1) is 12.7 Å². The topological polar surface area (TPSA) is 66.0 Å². The summed E-state index contributed by atoms with van der Waals surface area (Å²) >= 11 is 0. The van der Waals surface area contributed by atoms with Crippen LogP contribution in [0.2, 0.25) is 0 Å². The van der Waals surface area contributed by atoms with Gasteiger partial charge in [0.1, 0.15) is 5.82 Å². The molecule has 0 fully saturated rings. The number of benzene rings is 4. The lowest BCUT2D eigenvalue weighted by Crippen LogP contribution is -2.13. The molecule has 5 aromatic rings. The molecule has 0 spiro atoms. The molecule has 4 aromatic carbocycles. The van der Waals surface area contributed by atoms with Crippen LogP contribution >= 0.6 is 0 Å². The number of rotatable bonds is 6. The van der Waals surface area contributed by atoms with Gasteiger partial charge in [0.2, 0.25) is 0 Å². The van der Waals surface area contributed by atoms with Gasteiger partial charge in [-0.15, -0.1) is 0 Å². The van der Waals surface area contributed by atoms with Crippen LogP contribution < -0.4 is 16.0 Å². The average Bonchev–Trinajstić information content (AvgIpc) is 2.87. The molecule has 3 N–H and O–H groups in total. The summed E-state index contributed by atoms with van der Waals surface area (Å²) in [6.45, 7) is 1.95. The van der Waals surface area contributed by atoms with E-state index < -0.39 is 0 Å². The minimum atomic E-state index is -0.332. The van der Waals surface area contributed by atoms with Gasteiger partial charge in [0.15, 0.2) is 0 Å². The normalized spacial score (nSPS) is 10.7. The summed E-state index contributed by atoms with van der Waals surface area (Å²) in [6, 6.07) is 29.2. The predicted octanol–water partition coefficient (Wildman–Crippen LogP) is 7.42. The molecule has 1 heterocycles. The number of hydrogen-bond donors (Lipinski definition) is 3. The lowest BCUT2D eigenvalue weighted by atomic mass is 10.1. The van der Waals surface area contributed by atoms with Gasteiger partial charge in [-0.3, -0.25) is 9.78 Å². The Balaban J connectivity index is 1.35. The van der Waals surface area contributed by atoms with E-state index in [1.165, 1.54) is 12.1 Å². The molecule has 0 radical (unpaired) electrons. The minimum absolute atomic E-state index is 0.223. The van der Waals surface area contributed by atoms with E-state index in [1.807, 2.05) is 61.5 Å². The summed E-state index contributed by atoms with van der Waals surface area (Å²) in [4.78, 5) is 17.4. The first-order valence-electron chi connectivity index (χ1n) is 11.2. The van der Waals surface area contributed by atoms with Crippen molar-refractivity contribution in [3.63, 3.8) is 0 Å². The Morgan fingerprint density at radius 3 is 2.40 bits per heavy atom. The summed E-state index contributed by atoms with van der Waals surface area (Å²) in [5.74, 6) is -0.555. The third-order valence-electron chi connectivity index (χ3n) is 5.66. The maximum atomic E-state index is 13.8. The number of carbonyl (C=O) groups excluding carboxylic acids is 1. The number of anilines is 5. The first-order chi connectivity index (χ1) is 17.0. The standard InChI is InChI=1S/C29H23FN4O/c1-19-10-12-24(32-22-7-3-2-4-8-22)18-28(19)34-29(35)20-6-5-9-23(16-20)33-27-14-15-31-26-13-11-21(30)17-25(26)27/h2-18,32H,1H3,(H,31,33)(H,34,35). The Morgan fingerprint density at radius 1 is 0.743 bits per heavy atom. The van der Waals surface area contributed by atoms with Crippen LogP contribution in [0.15, 0.2) is 103 Å². The highest BCUT2D eigenvalue weighted by Gasteiger charge is 2.11. The number of nitrogens with zero attached hydrogens (tertiary/aromatic N) is 1. The first kappa shape index (κ1) is 22.1. The van der Waals surface area contributed by atoms with Gasteiger partial charge < -0.3 is 16.0 Å². The third-order valence-corrected chi connectivity index (χ3v) is 5.66. The highest BCUT2D eigenvalue weighted by Crippen LogP contribution is 2.27. The lowest BCUT2D eigenvalue weighted by molar-refractivity contribution is 0.102. The Morgan fingerprint density at radius 2 is 1.54 bits per heavy atom. The van der Waals surface area contributed by atoms with E-state index >= 15 is 0 Å². The smallest absolute Gasteiger partial charge is 0.255 e. The van der Waals surface area contributed by atoms with Crippen LogP contribution in [0.3, 0.4) is 0 Å². The summed E-state index contributed by atoms with van der Waals surface area (Å²) in [7, 11) is 0. The first-order valence-corrected chi connectivity index (χ1v) is 11.2. The molecule has 0 aliphatic rings. The number of halogens is 1. The van der Waals surface area contributed by atoms with Crippen molar-refractivity contribution in [1.82, 2.24) is 4.98 Å². The molecule has 5 rings (SSSR count). The van der Waals surface area contributed by atoms with E-state index in [0.29, 0.717) is 27.8 Å². The van der Waals surface area contributed by atoms with Crippen LogP contribution in [-0.2, 0) is 0 Å². The summed E-state index contributed by atoms with van der Waals surface area (Å²) in [5.41, 5.74) is 6.14. The fourth-order valence-corrected chi connectivity index (χ4v) is 3.84. The number of carbonyl (C=O) groups is 1. The lowest BCUT2D eigenvalue weighted by Gasteiger charge is -2.13. The quantitative estimate of drug-likeness (QED) is 0.246. The number of nitrogens with one attached hydrogen (secondary N) is 3. The van der Waals surface area contributed by atoms with Crippen molar-refractivity contribution in [2.45, 2.75) is 6.92 Å². The number of aromatic nitrogens is 1. The van der Waals surface area contributed by atoms with Crippen molar-refractivity contribution in [2.75, 3.05) is 16.0 Å². The van der Waals surface area contributed by atoms with Crippen LogP contribution in [0.4, 0.5) is 32.8 Å². The summed E-state index contributed by atoms with van der Waals surface area (Å²) in [6.07, 6.45) is 1.67. The van der Waals surface area contributed by atoms with Crippen molar-refractivity contribution >= 4 is 45.2 Å². The number of para-hydroxylation sites is 1. The Bertz CT molecular complexity index is 1520. The molecular weight excluding hydrogens is 439 g/mol. The van der Waals surface area contributed by atoms with Gasteiger partial charge in [-0.25, -0.2) is 4.39 Å². The van der Waals surface area contributed by atoms with E-state index in [0.717, 1.165) is 22.6 Å². The van der Waals surface area contributed by atoms with Gasteiger partial charge in [-0.05, 0) is 79.2 Å². The molecule has 0 aliphatic heterocycles. The van der Waals surface area contributed by atoms with E-state index in [2.05, 4.69) is 20.9 Å². The maximum absolute atomic E-state index is 13.8. The SMILES string of the molecule is Cc1ccc(Nc2ccccc2)cc1NC(=O)c1cccc(Nc2ccnc3ccc(F)cc23)c1. The van der Waals surface area contributed by atoms with Crippen molar-refractivity contribution < 1.29 is 9.18 Å². The molecule has 0 aliphatic carbocycles. The predicted molar refractivity (Wildman–Crippen MR) is 140 cm³/mol. The second-order valence-corrected chi connectivity index (χ2v) is 8.20. The van der Waals surface area contributed by atoms with Gasteiger partial charge in [-0.1, -0.05) is 30.3 Å². The zero-order valence-electron chi connectivity index (χ0n) is 19.0. The van der Waals surface area contributed by atoms with E-state index in [4.69, 9.17) is 0 Å². The van der Waals surface area contributed by atoms with Crippen LogP contribution in [0.25, 0.3) is 10.9 Å². The Kier molecular flexibility index (Phi) is 6.09. The second-order valence-electron chi connectivity index (χ2n) is 8.20. The van der Waals surface area contributed by atoms with Crippen molar-refractivity contribution in [3.05, 3.63) is 120 Å². The van der Waals surface area contributed by atoms with Crippen molar-refractivity contribution in [2.24, 2.45) is 0 Å². The third kappa shape index (κ3) is 5.12. The molecule has 1 aromatic heterocycles. The molecule has 6 heteroatoms. The van der Waals surface area contributed by atoms with Crippen LogP contribution in [-0.4, -0.2) is 10.9 Å². The molecule has 0 bridgehead atoms. The van der Waals surface area contributed by atoms with E-state index in [1.54, 1.807) is 36.5 Å². The minimum Gasteiger partial charge on any atom is -0.355 e. The van der Waals surface area contributed by atoms with Crippen molar-refractivity contribution in [1.29, 1.82) is 0 Å². The molecule has 0 unspecified atom stereocenters. The fraction of sp³-hybridized carbons (Fsp3) is 0.0345. The van der Waals surface area contributed by atoms with Gasteiger partial charge >= 0.3 is 0 Å². The summed E-state index contributed by atoms with van der Waals surface area (Å²) < 4.78 is 13.8. The van der Waals surface area contributed by atoms with Gasteiger partial charge in [-0.2, -0.15) is 0 Å². The number of aryl methyl sites for hydroxylation is 1. The number of pyridine rings is 1. The highest BCUT2D eigenvalue weighted by molar-refractivity contribution is 6.05. The Hall–Kier alpha value is -4.71. The molecule has 5 nitrogen and oxygen atoms in total. The molecule has 0 saturated heterocycles. The zero-order valence-corrected chi connectivity index (χ0v) is 19.0. The van der Waals surface area contributed by atoms with Crippen LogP contribution in [0.1, 0.15) is 15.9 Å². The van der Waals surface area contributed by atoms with Crippen molar-refractivity contribution in [3.8, 4) is 0 Å². The monoisotopic (exact) mass is 462 g/mol. The molecule has 0 saturated carbocycles. The molecule has 0 atom stereocenters. The van der Waals surface area contributed by atoms with Gasteiger partial charge in [0.05, 0.1) is 5.52 Å². The maximum Gasteiger partial charge on any atom is 0.255 e. The molecule has 1 amide bonds. The van der Waals surface area contributed by atoms with Crippen LogP contribution in [0.5, 0.6) is 0 Å². The van der Waals surface area contributed by atoms with Gasteiger partial charge in [0.25, 0.3) is 5.91 Å². The fourth-order valence-electron chi connectivity index (χ4n) is 3.84. The average molecular weight is 463 g/mol. The second kappa shape index (κ2) is 9.65. The molecule has 172 valence electrons. The number of fused-ring (bicyclic) bond motifs is 1. The molecular formula is C29H23FN4O. The van der Waals surface area contributed by atoms with E-state index in [9.17, 15) is 9.18 Å². The molecule has 35 heavy (non-hydrogen) atoms. The summed E-state index contributed by atoms with van der Waals surface area (Å²) in [5, 5.41) is 10.3. The number of amides is 1. The highest BCUT2D eigenvalue weighted by atomic mass is 19.1. The van der Waals surface area contributed by atoms with Gasteiger partial charge in [0, 0.05) is 45.6 Å². The van der Waals surface area contributed by atoms with E-state index in [-0.39, 0.29) is 11.7 Å². The Labute approximate surface area is 202 Å².